The number of ether oxygens (including phenoxy) is 1. The summed E-state index contributed by atoms with van der Waals surface area (Å²) < 4.78 is 18.5. The standard InChI is InChI=1S/C17H13FN2O2S/c1-22-16-7-6-11(18)8-13(16)15(21)9-23-17-12-4-2-3-5-14(12)19-10-20-17/h2-8,10H,9H2,1H3. The van der Waals surface area contributed by atoms with Crippen LogP contribution in [0.3, 0.4) is 0 Å². The fourth-order valence-corrected chi connectivity index (χ4v) is 3.08. The third-order valence-electron chi connectivity index (χ3n) is 3.31. The average molecular weight is 328 g/mol. The first-order valence-corrected chi connectivity index (χ1v) is 7.87. The van der Waals surface area contributed by atoms with E-state index in [0.29, 0.717) is 5.75 Å². The Morgan fingerprint density at radius 2 is 2.04 bits per heavy atom. The quantitative estimate of drug-likeness (QED) is 0.405. The smallest absolute Gasteiger partial charge is 0.176 e. The molecule has 0 fully saturated rings. The number of rotatable bonds is 5. The van der Waals surface area contributed by atoms with Crippen molar-refractivity contribution in [3.05, 3.63) is 60.2 Å². The Morgan fingerprint density at radius 3 is 2.87 bits per heavy atom. The van der Waals surface area contributed by atoms with Gasteiger partial charge in [0.15, 0.2) is 5.78 Å². The zero-order chi connectivity index (χ0) is 16.2. The summed E-state index contributed by atoms with van der Waals surface area (Å²) in [6.45, 7) is 0. The Kier molecular flexibility index (Phi) is 4.52. The first kappa shape index (κ1) is 15.4. The van der Waals surface area contributed by atoms with Crippen molar-refractivity contribution < 1.29 is 13.9 Å². The third kappa shape index (κ3) is 3.32. The van der Waals surface area contributed by atoms with Crippen LogP contribution < -0.4 is 4.74 Å². The van der Waals surface area contributed by atoms with E-state index in [2.05, 4.69) is 9.97 Å². The van der Waals surface area contributed by atoms with E-state index in [1.165, 1.54) is 43.4 Å². The lowest BCUT2D eigenvalue weighted by Gasteiger charge is -2.08. The Morgan fingerprint density at radius 1 is 1.22 bits per heavy atom. The first-order valence-electron chi connectivity index (χ1n) is 6.88. The highest BCUT2D eigenvalue weighted by atomic mass is 32.2. The summed E-state index contributed by atoms with van der Waals surface area (Å²) >= 11 is 1.30. The molecular weight excluding hydrogens is 315 g/mol. The highest BCUT2D eigenvalue weighted by molar-refractivity contribution is 8.00. The predicted octanol–water partition coefficient (Wildman–Crippen LogP) is 3.75. The summed E-state index contributed by atoms with van der Waals surface area (Å²) in [5.41, 5.74) is 1.05. The van der Waals surface area contributed by atoms with E-state index in [4.69, 9.17) is 4.74 Å². The molecule has 0 aliphatic heterocycles. The van der Waals surface area contributed by atoms with Gasteiger partial charge in [0.2, 0.25) is 0 Å². The molecule has 0 atom stereocenters. The summed E-state index contributed by atoms with van der Waals surface area (Å²) in [5.74, 6) is -0.175. The molecule has 0 aliphatic carbocycles. The molecule has 2 aromatic carbocycles. The fraction of sp³-hybridized carbons (Fsp3) is 0.118. The maximum atomic E-state index is 13.4. The van der Waals surface area contributed by atoms with E-state index in [9.17, 15) is 9.18 Å². The minimum atomic E-state index is -0.466. The number of thioether (sulfide) groups is 1. The van der Waals surface area contributed by atoms with Gasteiger partial charge in [-0.1, -0.05) is 30.0 Å². The zero-order valence-electron chi connectivity index (χ0n) is 12.3. The second kappa shape index (κ2) is 6.75. The second-order valence-corrected chi connectivity index (χ2v) is 5.72. The molecule has 1 aromatic heterocycles. The molecule has 3 aromatic rings. The van der Waals surface area contributed by atoms with Gasteiger partial charge in [-0.25, -0.2) is 14.4 Å². The summed E-state index contributed by atoms with van der Waals surface area (Å²) in [6, 6.07) is 11.5. The van der Waals surface area contributed by atoms with Crippen LogP contribution in [-0.2, 0) is 0 Å². The van der Waals surface area contributed by atoms with Gasteiger partial charge in [-0.05, 0) is 24.3 Å². The monoisotopic (exact) mass is 328 g/mol. The van der Waals surface area contributed by atoms with Crippen molar-refractivity contribution in [1.29, 1.82) is 0 Å². The third-order valence-corrected chi connectivity index (χ3v) is 4.31. The summed E-state index contributed by atoms with van der Waals surface area (Å²) in [4.78, 5) is 20.8. The van der Waals surface area contributed by atoms with Crippen LogP contribution in [0.15, 0.2) is 53.8 Å². The topological polar surface area (TPSA) is 52.1 Å². The van der Waals surface area contributed by atoms with Crippen LogP contribution in [0.1, 0.15) is 10.4 Å². The van der Waals surface area contributed by atoms with E-state index < -0.39 is 5.82 Å². The van der Waals surface area contributed by atoms with Crippen LogP contribution >= 0.6 is 11.8 Å². The number of ketones is 1. The molecule has 0 saturated heterocycles. The number of Topliss-reactive ketones (excluding diaryl/α,β-unsaturated/α-hetero) is 1. The minimum Gasteiger partial charge on any atom is -0.496 e. The Bertz CT molecular complexity index is 865. The molecule has 6 heteroatoms. The van der Waals surface area contributed by atoms with Gasteiger partial charge in [-0.15, -0.1) is 0 Å². The SMILES string of the molecule is COc1ccc(F)cc1C(=O)CSc1ncnc2ccccc12. The normalized spacial score (nSPS) is 10.7. The van der Waals surface area contributed by atoms with Gasteiger partial charge in [-0.3, -0.25) is 4.79 Å². The number of halogens is 1. The summed E-state index contributed by atoms with van der Waals surface area (Å²) in [7, 11) is 1.45. The lowest BCUT2D eigenvalue weighted by Crippen LogP contribution is -2.06. The number of fused-ring (bicyclic) bond motifs is 1. The molecule has 0 radical (unpaired) electrons. The van der Waals surface area contributed by atoms with Gasteiger partial charge >= 0.3 is 0 Å². The molecule has 23 heavy (non-hydrogen) atoms. The average Bonchev–Trinajstić information content (AvgIpc) is 2.59. The molecule has 116 valence electrons. The van der Waals surface area contributed by atoms with Crippen LogP contribution in [0, 0.1) is 5.82 Å². The van der Waals surface area contributed by atoms with Crippen LogP contribution in [0.2, 0.25) is 0 Å². The van der Waals surface area contributed by atoms with Crippen LogP contribution in [0.25, 0.3) is 10.9 Å². The number of benzene rings is 2. The number of hydrogen-bond donors (Lipinski definition) is 0. The van der Waals surface area contributed by atoms with Crippen molar-refractivity contribution in [2.75, 3.05) is 12.9 Å². The molecule has 1 heterocycles. The molecule has 0 unspecified atom stereocenters. The van der Waals surface area contributed by atoms with Crippen molar-refractivity contribution in [2.45, 2.75) is 5.03 Å². The molecule has 4 nitrogen and oxygen atoms in total. The fourth-order valence-electron chi connectivity index (χ4n) is 2.20. The number of hydrogen-bond acceptors (Lipinski definition) is 5. The molecular formula is C17H13FN2O2S. The van der Waals surface area contributed by atoms with E-state index >= 15 is 0 Å². The lowest BCUT2D eigenvalue weighted by atomic mass is 10.1. The molecule has 0 spiro atoms. The maximum absolute atomic E-state index is 13.4. The van der Waals surface area contributed by atoms with Crippen LogP contribution in [-0.4, -0.2) is 28.6 Å². The van der Waals surface area contributed by atoms with Gasteiger partial charge in [0.25, 0.3) is 0 Å². The summed E-state index contributed by atoms with van der Waals surface area (Å²) in [5, 5.41) is 1.61. The van der Waals surface area contributed by atoms with Crippen LogP contribution in [0.5, 0.6) is 5.75 Å². The van der Waals surface area contributed by atoms with Crippen molar-refractivity contribution in [2.24, 2.45) is 0 Å². The number of methoxy groups -OCH3 is 1. The highest BCUT2D eigenvalue weighted by Gasteiger charge is 2.15. The first-order chi connectivity index (χ1) is 11.2. The molecule has 3 rings (SSSR count). The van der Waals surface area contributed by atoms with Crippen molar-refractivity contribution in [3.8, 4) is 5.75 Å². The van der Waals surface area contributed by atoms with E-state index in [1.807, 2.05) is 24.3 Å². The number of nitrogens with zero attached hydrogens (tertiary/aromatic N) is 2. The minimum absolute atomic E-state index is 0.140. The number of para-hydroxylation sites is 1. The van der Waals surface area contributed by atoms with Crippen LogP contribution in [0.4, 0.5) is 4.39 Å². The van der Waals surface area contributed by atoms with Crippen molar-refractivity contribution in [1.82, 2.24) is 9.97 Å². The van der Waals surface area contributed by atoms with E-state index in [1.54, 1.807) is 0 Å². The summed E-state index contributed by atoms with van der Waals surface area (Å²) in [6.07, 6.45) is 1.47. The van der Waals surface area contributed by atoms with Gasteiger partial charge in [0.05, 0.1) is 23.9 Å². The lowest BCUT2D eigenvalue weighted by molar-refractivity contribution is 0.101. The molecule has 0 amide bonds. The molecule has 0 bridgehead atoms. The van der Waals surface area contributed by atoms with E-state index in [-0.39, 0.29) is 17.1 Å². The number of carbonyl (C=O) groups is 1. The largest absolute Gasteiger partial charge is 0.496 e. The molecule has 0 saturated carbocycles. The Balaban J connectivity index is 1.83. The van der Waals surface area contributed by atoms with Gasteiger partial charge in [0.1, 0.15) is 22.9 Å². The molecule has 0 N–H and O–H groups in total. The Hall–Kier alpha value is -2.47. The Labute approximate surface area is 136 Å². The van der Waals surface area contributed by atoms with Gasteiger partial charge < -0.3 is 4.74 Å². The van der Waals surface area contributed by atoms with Gasteiger partial charge in [-0.2, -0.15) is 0 Å². The van der Waals surface area contributed by atoms with E-state index in [0.717, 1.165) is 15.9 Å². The number of aromatic nitrogens is 2. The highest BCUT2D eigenvalue weighted by Crippen LogP contribution is 2.27. The molecule has 0 aliphatic rings. The second-order valence-electron chi connectivity index (χ2n) is 4.75. The maximum Gasteiger partial charge on any atom is 0.176 e. The zero-order valence-corrected chi connectivity index (χ0v) is 13.1. The van der Waals surface area contributed by atoms with Crippen molar-refractivity contribution >= 4 is 28.4 Å². The predicted molar refractivity (Wildman–Crippen MR) is 87.5 cm³/mol. The van der Waals surface area contributed by atoms with Gasteiger partial charge in [0, 0.05) is 5.39 Å². The van der Waals surface area contributed by atoms with Crippen molar-refractivity contribution in [3.63, 3.8) is 0 Å². The number of carbonyl (C=O) groups excluding carboxylic acids is 1.